The van der Waals surface area contributed by atoms with Crippen molar-refractivity contribution in [2.75, 3.05) is 31.9 Å². The highest BCUT2D eigenvalue weighted by atomic mass is 32.2. The van der Waals surface area contributed by atoms with Crippen LogP contribution >= 0.6 is 11.8 Å². The van der Waals surface area contributed by atoms with Gasteiger partial charge in [-0.2, -0.15) is 0 Å². The Kier molecular flexibility index (Phi) is 6.65. The molecule has 1 aliphatic rings. The van der Waals surface area contributed by atoms with Crippen molar-refractivity contribution >= 4 is 29.7 Å². The summed E-state index contributed by atoms with van der Waals surface area (Å²) in [7, 11) is 0. The number of amides is 2. The molecule has 0 bridgehead atoms. The summed E-state index contributed by atoms with van der Waals surface area (Å²) in [5.41, 5.74) is 1.70. The van der Waals surface area contributed by atoms with Gasteiger partial charge in [-0.25, -0.2) is 4.98 Å². The largest absolute Gasteiger partial charge is 0.340 e. The Hall–Kier alpha value is -2.60. The van der Waals surface area contributed by atoms with E-state index in [0.29, 0.717) is 36.0 Å². The fourth-order valence-corrected chi connectivity index (χ4v) is 3.73. The molecule has 0 aliphatic carbocycles. The standard InChI is InChI=1S/C21H23N3O2S/c1-2-23-13-14-24(16-19(23)25)21(26)18-11-6-12-22-20(18)27-15-7-10-17-8-4-3-5-9-17/h3-12H,2,13-16H2,1H3/b10-7+. The highest BCUT2D eigenvalue weighted by Gasteiger charge is 2.28. The van der Waals surface area contributed by atoms with Crippen molar-refractivity contribution in [3.8, 4) is 0 Å². The molecule has 2 aromatic rings. The molecule has 0 atom stereocenters. The van der Waals surface area contributed by atoms with Gasteiger partial charge in [0.15, 0.2) is 0 Å². The number of rotatable bonds is 6. The highest BCUT2D eigenvalue weighted by Crippen LogP contribution is 2.22. The van der Waals surface area contributed by atoms with E-state index in [9.17, 15) is 9.59 Å². The molecule has 1 aromatic carbocycles. The van der Waals surface area contributed by atoms with Gasteiger partial charge in [0, 0.05) is 31.6 Å². The van der Waals surface area contributed by atoms with Crippen molar-refractivity contribution in [3.63, 3.8) is 0 Å². The number of piperazine rings is 1. The van der Waals surface area contributed by atoms with Crippen molar-refractivity contribution < 1.29 is 9.59 Å². The Balaban J connectivity index is 1.64. The molecule has 1 saturated heterocycles. The maximum atomic E-state index is 12.9. The lowest BCUT2D eigenvalue weighted by atomic mass is 10.2. The van der Waals surface area contributed by atoms with E-state index < -0.39 is 0 Å². The minimum atomic E-state index is -0.123. The first kappa shape index (κ1) is 19.2. The van der Waals surface area contributed by atoms with E-state index in [1.165, 1.54) is 11.8 Å². The van der Waals surface area contributed by atoms with Gasteiger partial charge >= 0.3 is 0 Å². The van der Waals surface area contributed by atoms with Crippen LogP contribution in [-0.4, -0.2) is 58.5 Å². The van der Waals surface area contributed by atoms with Gasteiger partial charge in [0.1, 0.15) is 11.6 Å². The lowest BCUT2D eigenvalue weighted by Gasteiger charge is -2.33. The molecule has 1 aromatic heterocycles. The number of pyridine rings is 1. The summed E-state index contributed by atoms with van der Waals surface area (Å²) < 4.78 is 0. The van der Waals surface area contributed by atoms with Crippen LogP contribution in [0.1, 0.15) is 22.8 Å². The van der Waals surface area contributed by atoms with E-state index in [-0.39, 0.29) is 18.4 Å². The Bertz CT molecular complexity index is 823. The molecule has 0 saturated carbocycles. The summed E-state index contributed by atoms with van der Waals surface area (Å²) in [4.78, 5) is 32.8. The zero-order valence-corrected chi connectivity index (χ0v) is 16.2. The molecule has 0 radical (unpaired) electrons. The molecule has 27 heavy (non-hydrogen) atoms. The van der Waals surface area contributed by atoms with Gasteiger partial charge in [0.05, 0.1) is 5.56 Å². The highest BCUT2D eigenvalue weighted by molar-refractivity contribution is 7.99. The summed E-state index contributed by atoms with van der Waals surface area (Å²) in [6, 6.07) is 13.6. The lowest BCUT2D eigenvalue weighted by molar-refractivity contribution is -0.134. The van der Waals surface area contributed by atoms with Crippen molar-refractivity contribution in [3.05, 3.63) is 65.9 Å². The van der Waals surface area contributed by atoms with Gasteiger partial charge in [-0.05, 0) is 24.6 Å². The average Bonchev–Trinajstić information content (AvgIpc) is 2.71. The first-order chi connectivity index (χ1) is 13.2. The van der Waals surface area contributed by atoms with Crippen LogP contribution in [-0.2, 0) is 4.79 Å². The summed E-state index contributed by atoms with van der Waals surface area (Å²) >= 11 is 1.52. The number of likely N-dealkylation sites (N-methyl/N-ethyl adjacent to an activating group) is 1. The summed E-state index contributed by atoms with van der Waals surface area (Å²) in [6.45, 7) is 3.92. The number of benzene rings is 1. The van der Waals surface area contributed by atoms with E-state index in [1.54, 1.807) is 28.1 Å². The fraction of sp³-hybridized carbons (Fsp3) is 0.286. The normalized spacial score (nSPS) is 14.8. The van der Waals surface area contributed by atoms with E-state index in [4.69, 9.17) is 0 Å². The monoisotopic (exact) mass is 381 g/mol. The van der Waals surface area contributed by atoms with Gasteiger partial charge in [0.25, 0.3) is 5.91 Å². The van der Waals surface area contributed by atoms with Crippen LogP contribution in [0.3, 0.4) is 0 Å². The molecule has 0 N–H and O–H groups in total. The summed E-state index contributed by atoms with van der Waals surface area (Å²) in [5, 5.41) is 0.700. The number of carbonyl (C=O) groups is 2. The van der Waals surface area contributed by atoms with Gasteiger partial charge in [-0.1, -0.05) is 42.5 Å². The summed E-state index contributed by atoms with van der Waals surface area (Å²) in [6.07, 6.45) is 5.81. The zero-order valence-electron chi connectivity index (χ0n) is 15.4. The third kappa shape index (κ3) is 4.98. The molecule has 6 heteroatoms. The molecule has 1 fully saturated rings. The van der Waals surface area contributed by atoms with Gasteiger partial charge in [0.2, 0.25) is 5.91 Å². The third-order valence-corrected chi connectivity index (χ3v) is 5.37. The number of hydrogen-bond donors (Lipinski definition) is 0. The fourth-order valence-electron chi connectivity index (χ4n) is 2.93. The molecule has 2 amide bonds. The second-order valence-corrected chi connectivity index (χ2v) is 7.19. The number of hydrogen-bond acceptors (Lipinski definition) is 4. The summed E-state index contributed by atoms with van der Waals surface area (Å²) in [5.74, 6) is 0.595. The van der Waals surface area contributed by atoms with Crippen LogP contribution in [0.4, 0.5) is 0 Å². The molecule has 2 heterocycles. The number of thioether (sulfide) groups is 1. The van der Waals surface area contributed by atoms with Crippen molar-refractivity contribution in [2.24, 2.45) is 0 Å². The van der Waals surface area contributed by atoms with E-state index in [2.05, 4.69) is 17.1 Å². The molecule has 1 aliphatic heterocycles. The minimum absolute atomic E-state index is 0.000915. The predicted octanol–water partition coefficient (Wildman–Crippen LogP) is 3.19. The van der Waals surface area contributed by atoms with Crippen LogP contribution in [0.5, 0.6) is 0 Å². The van der Waals surface area contributed by atoms with Crippen LogP contribution in [0.15, 0.2) is 59.8 Å². The Labute approximate surface area is 164 Å². The molecular formula is C21H23N3O2S. The zero-order chi connectivity index (χ0) is 19.1. The number of aromatic nitrogens is 1. The van der Waals surface area contributed by atoms with Crippen LogP contribution in [0.25, 0.3) is 6.08 Å². The number of nitrogens with zero attached hydrogens (tertiary/aromatic N) is 3. The first-order valence-electron chi connectivity index (χ1n) is 9.05. The SMILES string of the molecule is CCN1CCN(C(=O)c2cccnc2SC/C=C/c2ccccc2)CC1=O. The molecule has 5 nitrogen and oxygen atoms in total. The van der Waals surface area contributed by atoms with Crippen molar-refractivity contribution in [1.29, 1.82) is 0 Å². The lowest BCUT2D eigenvalue weighted by Crippen LogP contribution is -2.52. The second-order valence-electron chi connectivity index (χ2n) is 6.18. The molecule has 0 spiro atoms. The molecule has 0 unspecified atom stereocenters. The van der Waals surface area contributed by atoms with E-state index in [0.717, 1.165) is 5.56 Å². The van der Waals surface area contributed by atoms with Crippen LogP contribution in [0.2, 0.25) is 0 Å². The van der Waals surface area contributed by atoms with E-state index in [1.807, 2.05) is 37.3 Å². The maximum absolute atomic E-state index is 12.9. The van der Waals surface area contributed by atoms with Gasteiger partial charge in [-0.3, -0.25) is 9.59 Å². The Morgan fingerprint density at radius 3 is 2.74 bits per heavy atom. The quantitative estimate of drug-likeness (QED) is 0.721. The first-order valence-corrected chi connectivity index (χ1v) is 10.0. The Morgan fingerprint density at radius 1 is 1.19 bits per heavy atom. The molecular weight excluding hydrogens is 358 g/mol. The predicted molar refractivity (Wildman–Crippen MR) is 109 cm³/mol. The average molecular weight is 382 g/mol. The van der Waals surface area contributed by atoms with Crippen molar-refractivity contribution in [2.45, 2.75) is 11.9 Å². The molecule has 140 valence electrons. The van der Waals surface area contributed by atoms with Crippen LogP contribution in [0, 0.1) is 0 Å². The van der Waals surface area contributed by atoms with Crippen molar-refractivity contribution in [1.82, 2.24) is 14.8 Å². The van der Waals surface area contributed by atoms with Gasteiger partial charge < -0.3 is 9.80 Å². The smallest absolute Gasteiger partial charge is 0.257 e. The third-order valence-electron chi connectivity index (χ3n) is 4.42. The Morgan fingerprint density at radius 2 is 2.00 bits per heavy atom. The van der Waals surface area contributed by atoms with Crippen LogP contribution < -0.4 is 0 Å². The topological polar surface area (TPSA) is 53.5 Å². The van der Waals surface area contributed by atoms with Gasteiger partial charge in [-0.15, -0.1) is 11.8 Å². The second kappa shape index (κ2) is 9.37. The van der Waals surface area contributed by atoms with E-state index >= 15 is 0 Å². The maximum Gasteiger partial charge on any atom is 0.257 e. The molecule has 3 rings (SSSR count). The number of carbonyl (C=O) groups excluding carboxylic acids is 2. The minimum Gasteiger partial charge on any atom is -0.340 e.